The summed E-state index contributed by atoms with van der Waals surface area (Å²) in [5.41, 5.74) is 0. The standard InChI is InChI=1S/C5H12O.Li.H/c1-5(2)3-4-6;;/h5-6H,3-4H2,1-2H3;;. The van der Waals surface area contributed by atoms with Crippen LogP contribution in [-0.2, 0) is 0 Å². The molecule has 0 aliphatic carbocycles. The third-order valence-corrected chi connectivity index (χ3v) is 0.706. The van der Waals surface area contributed by atoms with Gasteiger partial charge in [0.05, 0.1) is 0 Å². The second-order valence-corrected chi connectivity index (χ2v) is 1.91. The first kappa shape index (κ1) is 10.5. The zero-order valence-electron chi connectivity index (χ0n) is 4.44. The molecule has 0 saturated heterocycles. The van der Waals surface area contributed by atoms with Crippen molar-refractivity contribution < 1.29 is 5.11 Å². The van der Waals surface area contributed by atoms with Crippen LogP contribution >= 0.6 is 0 Å². The van der Waals surface area contributed by atoms with Gasteiger partial charge in [0.2, 0.25) is 0 Å². The molecule has 0 atom stereocenters. The minimum absolute atomic E-state index is 0. The second-order valence-electron chi connectivity index (χ2n) is 1.91. The SMILES string of the molecule is CC(C)CCO.[LiH]. The fourth-order valence-electron chi connectivity index (χ4n) is 0.258. The van der Waals surface area contributed by atoms with Crippen molar-refractivity contribution in [1.29, 1.82) is 0 Å². The number of hydrogen-bond acceptors (Lipinski definition) is 1. The van der Waals surface area contributed by atoms with E-state index in [9.17, 15) is 0 Å². The summed E-state index contributed by atoms with van der Waals surface area (Å²) in [6, 6.07) is 0. The van der Waals surface area contributed by atoms with Crippen LogP contribution in [0.1, 0.15) is 20.3 Å². The predicted octanol–water partition coefficient (Wildman–Crippen LogP) is 0.376. The molecule has 0 aromatic rings. The molecule has 0 spiro atoms. The van der Waals surface area contributed by atoms with Crippen molar-refractivity contribution >= 4 is 18.9 Å². The summed E-state index contributed by atoms with van der Waals surface area (Å²) in [5.74, 6) is 0.648. The third-order valence-electron chi connectivity index (χ3n) is 0.706. The van der Waals surface area contributed by atoms with Gasteiger partial charge in [-0.15, -0.1) is 0 Å². The molecule has 0 aliphatic rings. The summed E-state index contributed by atoms with van der Waals surface area (Å²) >= 11 is 0. The van der Waals surface area contributed by atoms with Gasteiger partial charge < -0.3 is 5.11 Å². The Hall–Kier alpha value is 0.557. The Morgan fingerprint density at radius 3 is 1.86 bits per heavy atom. The maximum absolute atomic E-state index is 8.24. The van der Waals surface area contributed by atoms with E-state index in [0.29, 0.717) is 12.5 Å². The molecule has 0 amide bonds. The van der Waals surface area contributed by atoms with Gasteiger partial charge in [0.15, 0.2) is 0 Å². The molecule has 0 fully saturated rings. The molecule has 0 aliphatic heterocycles. The fourth-order valence-corrected chi connectivity index (χ4v) is 0.258. The van der Waals surface area contributed by atoms with Crippen molar-refractivity contribution in [1.82, 2.24) is 0 Å². The Bertz CT molecular complexity index is 29.3. The summed E-state index contributed by atoms with van der Waals surface area (Å²) in [4.78, 5) is 0. The molecule has 0 bridgehead atoms. The first-order valence-corrected chi connectivity index (χ1v) is 2.38. The number of hydrogen-bond donors (Lipinski definition) is 1. The molecule has 0 unspecified atom stereocenters. The summed E-state index contributed by atoms with van der Waals surface area (Å²) in [5, 5.41) is 8.24. The van der Waals surface area contributed by atoms with E-state index in [2.05, 4.69) is 13.8 Å². The summed E-state index contributed by atoms with van der Waals surface area (Å²) in [6.07, 6.45) is 0.931. The Kier molecular flexibility index (Phi) is 9.86. The molecular weight excluding hydrogens is 83.0 g/mol. The zero-order valence-corrected chi connectivity index (χ0v) is 4.44. The van der Waals surface area contributed by atoms with E-state index in [-0.39, 0.29) is 18.9 Å². The van der Waals surface area contributed by atoms with Crippen molar-refractivity contribution in [2.24, 2.45) is 5.92 Å². The van der Waals surface area contributed by atoms with Gasteiger partial charge in [-0.1, -0.05) is 13.8 Å². The molecule has 0 aromatic heterocycles. The van der Waals surface area contributed by atoms with Crippen LogP contribution in [0.4, 0.5) is 0 Å². The first-order chi connectivity index (χ1) is 2.77. The topological polar surface area (TPSA) is 20.2 Å². The maximum atomic E-state index is 8.24. The van der Waals surface area contributed by atoms with Gasteiger partial charge in [-0.2, -0.15) is 0 Å². The van der Waals surface area contributed by atoms with Gasteiger partial charge >= 0.3 is 18.9 Å². The number of aliphatic hydroxyl groups excluding tert-OH is 1. The Morgan fingerprint density at radius 2 is 1.86 bits per heavy atom. The van der Waals surface area contributed by atoms with Crippen LogP contribution in [0.5, 0.6) is 0 Å². The van der Waals surface area contributed by atoms with Crippen molar-refractivity contribution in [3.05, 3.63) is 0 Å². The van der Waals surface area contributed by atoms with E-state index in [1.807, 2.05) is 0 Å². The van der Waals surface area contributed by atoms with Crippen LogP contribution < -0.4 is 0 Å². The van der Waals surface area contributed by atoms with Crippen LogP contribution in [0, 0.1) is 5.92 Å². The summed E-state index contributed by atoms with van der Waals surface area (Å²) < 4.78 is 0. The molecule has 40 valence electrons. The summed E-state index contributed by atoms with van der Waals surface area (Å²) in [6.45, 7) is 4.52. The van der Waals surface area contributed by atoms with Crippen LogP contribution in [-0.4, -0.2) is 30.6 Å². The molecule has 0 aromatic carbocycles. The van der Waals surface area contributed by atoms with Crippen molar-refractivity contribution in [2.45, 2.75) is 20.3 Å². The van der Waals surface area contributed by atoms with Gasteiger partial charge in [-0.05, 0) is 12.3 Å². The molecule has 1 N–H and O–H groups in total. The van der Waals surface area contributed by atoms with Crippen LogP contribution in [0.15, 0.2) is 0 Å². The second kappa shape index (κ2) is 6.56. The average molecular weight is 96.1 g/mol. The normalized spacial score (nSPS) is 8.57. The zero-order chi connectivity index (χ0) is 4.99. The van der Waals surface area contributed by atoms with E-state index >= 15 is 0 Å². The van der Waals surface area contributed by atoms with E-state index < -0.39 is 0 Å². The first-order valence-electron chi connectivity index (χ1n) is 2.38. The van der Waals surface area contributed by atoms with Crippen LogP contribution in [0.25, 0.3) is 0 Å². The molecule has 0 saturated carbocycles. The molecule has 2 heteroatoms. The Morgan fingerprint density at radius 1 is 1.43 bits per heavy atom. The fraction of sp³-hybridized carbons (Fsp3) is 1.00. The van der Waals surface area contributed by atoms with Gasteiger partial charge in [0, 0.05) is 6.61 Å². The van der Waals surface area contributed by atoms with Crippen molar-refractivity contribution in [3.63, 3.8) is 0 Å². The number of aliphatic hydroxyl groups is 1. The Labute approximate surface area is 57.3 Å². The Balaban J connectivity index is 0. The molecule has 0 radical (unpaired) electrons. The van der Waals surface area contributed by atoms with Gasteiger partial charge in [-0.3, -0.25) is 0 Å². The van der Waals surface area contributed by atoms with E-state index in [1.165, 1.54) is 0 Å². The number of rotatable bonds is 2. The van der Waals surface area contributed by atoms with E-state index in [1.54, 1.807) is 0 Å². The van der Waals surface area contributed by atoms with E-state index in [0.717, 1.165) is 6.42 Å². The molecule has 1 nitrogen and oxygen atoms in total. The predicted molar refractivity (Wildman–Crippen MR) is 33.7 cm³/mol. The van der Waals surface area contributed by atoms with Gasteiger partial charge in [0.1, 0.15) is 0 Å². The summed E-state index contributed by atoms with van der Waals surface area (Å²) in [7, 11) is 0. The van der Waals surface area contributed by atoms with Crippen LogP contribution in [0.2, 0.25) is 0 Å². The van der Waals surface area contributed by atoms with Crippen molar-refractivity contribution in [2.75, 3.05) is 6.61 Å². The quantitative estimate of drug-likeness (QED) is 0.492. The molecule has 0 heterocycles. The molecule has 7 heavy (non-hydrogen) atoms. The average Bonchev–Trinajstić information content (AvgIpc) is 1.35. The molecule has 0 rings (SSSR count). The van der Waals surface area contributed by atoms with Crippen molar-refractivity contribution in [3.8, 4) is 0 Å². The monoisotopic (exact) mass is 96.1 g/mol. The van der Waals surface area contributed by atoms with Gasteiger partial charge in [0.25, 0.3) is 0 Å². The minimum atomic E-state index is 0. The molecular formula is C5H13LiO. The van der Waals surface area contributed by atoms with E-state index in [4.69, 9.17) is 5.11 Å². The third kappa shape index (κ3) is 10.8. The van der Waals surface area contributed by atoms with Gasteiger partial charge in [-0.25, -0.2) is 0 Å². The van der Waals surface area contributed by atoms with Crippen LogP contribution in [0.3, 0.4) is 0 Å².